The van der Waals surface area contributed by atoms with Crippen LogP contribution in [0.15, 0.2) is 29.8 Å². The van der Waals surface area contributed by atoms with Gasteiger partial charge in [0, 0.05) is 11.1 Å². The number of benzene rings is 1. The Morgan fingerprint density at radius 1 is 1.25 bits per heavy atom. The van der Waals surface area contributed by atoms with Gasteiger partial charge in [0.15, 0.2) is 0 Å². The van der Waals surface area contributed by atoms with Crippen molar-refractivity contribution >= 4 is 13.6 Å². The van der Waals surface area contributed by atoms with Crippen LogP contribution in [0.5, 0.6) is 0 Å². The van der Waals surface area contributed by atoms with E-state index in [2.05, 4.69) is 41.5 Å². The van der Waals surface area contributed by atoms with E-state index in [1.54, 1.807) is 7.11 Å². The summed E-state index contributed by atoms with van der Waals surface area (Å²) in [5.41, 5.74) is 2.60. The Kier molecular flexibility index (Phi) is 7.17. The van der Waals surface area contributed by atoms with Crippen molar-refractivity contribution in [2.24, 2.45) is 10.8 Å². The van der Waals surface area contributed by atoms with E-state index in [0.717, 1.165) is 22.5 Å². The van der Waals surface area contributed by atoms with Crippen LogP contribution < -0.4 is 0 Å². The van der Waals surface area contributed by atoms with Crippen LogP contribution >= 0.6 is 7.82 Å². The van der Waals surface area contributed by atoms with Crippen LogP contribution in [0.3, 0.4) is 0 Å². The van der Waals surface area contributed by atoms with Crippen molar-refractivity contribution < 1.29 is 28.0 Å². The molecule has 2 unspecified atom stereocenters. The highest BCUT2D eigenvalue weighted by molar-refractivity contribution is 7.47. The second kappa shape index (κ2) is 8.68. The fraction of sp³-hybridized carbons (Fsp3) is 0.619. The molecule has 158 valence electrons. The normalized spacial score (nSPS) is 24.2. The number of phosphoric acid groups is 1. The maximum Gasteiger partial charge on any atom is 0.472 e. The summed E-state index contributed by atoms with van der Waals surface area (Å²) in [6, 6.07) is 7.59. The lowest BCUT2D eigenvalue weighted by molar-refractivity contribution is 0.0787. The van der Waals surface area contributed by atoms with Gasteiger partial charge in [0.05, 0.1) is 26.9 Å². The maximum absolute atomic E-state index is 11.6. The minimum Gasteiger partial charge on any atom is -0.496 e. The molecule has 0 saturated carbocycles. The Bertz CT molecular complexity index is 757. The first-order valence-corrected chi connectivity index (χ1v) is 10.9. The Balaban J connectivity index is 2.36. The third-order valence-corrected chi connectivity index (χ3v) is 5.33. The van der Waals surface area contributed by atoms with Crippen molar-refractivity contribution in [1.82, 2.24) is 0 Å². The first-order chi connectivity index (χ1) is 12.8. The van der Waals surface area contributed by atoms with E-state index in [0.29, 0.717) is 13.2 Å². The molecule has 7 heteroatoms. The van der Waals surface area contributed by atoms with Gasteiger partial charge in [0.2, 0.25) is 0 Å². The van der Waals surface area contributed by atoms with Crippen LogP contribution in [-0.4, -0.2) is 31.8 Å². The lowest BCUT2D eigenvalue weighted by Gasteiger charge is -2.28. The summed E-state index contributed by atoms with van der Waals surface area (Å²) in [6.45, 7) is 13.9. The zero-order chi connectivity index (χ0) is 21.2. The van der Waals surface area contributed by atoms with Crippen molar-refractivity contribution in [2.45, 2.75) is 47.6 Å². The van der Waals surface area contributed by atoms with E-state index in [9.17, 15) is 9.46 Å². The van der Waals surface area contributed by atoms with Crippen LogP contribution in [0.1, 0.15) is 58.8 Å². The largest absolute Gasteiger partial charge is 0.496 e. The first-order valence-electron chi connectivity index (χ1n) is 9.44. The molecule has 1 saturated heterocycles. The lowest BCUT2D eigenvalue weighted by Crippen LogP contribution is -2.21. The lowest BCUT2D eigenvalue weighted by atomic mass is 9.84. The third-order valence-electron chi connectivity index (χ3n) is 4.34. The van der Waals surface area contributed by atoms with Crippen LogP contribution in [0, 0.1) is 10.8 Å². The molecule has 1 heterocycles. The van der Waals surface area contributed by atoms with Crippen molar-refractivity contribution in [3.8, 4) is 0 Å². The highest BCUT2D eigenvalue weighted by Crippen LogP contribution is 2.54. The van der Waals surface area contributed by atoms with Gasteiger partial charge in [-0.25, -0.2) is 4.57 Å². The van der Waals surface area contributed by atoms with Crippen molar-refractivity contribution in [1.29, 1.82) is 0 Å². The average Bonchev–Trinajstić information content (AvgIpc) is 2.92. The average molecular weight is 412 g/mol. The highest BCUT2D eigenvalue weighted by atomic mass is 31.2. The molecule has 0 bridgehead atoms. The molecule has 0 radical (unpaired) electrons. The fourth-order valence-corrected chi connectivity index (χ4v) is 3.81. The van der Waals surface area contributed by atoms with Gasteiger partial charge in [-0.1, -0.05) is 59.7 Å². The van der Waals surface area contributed by atoms with Gasteiger partial charge in [-0.05, 0) is 22.5 Å². The number of methoxy groups -OCH3 is 1. The molecule has 2 rings (SSSR count). The molecule has 28 heavy (non-hydrogen) atoms. The van der Waals surface area contributed by atoms with E-state index in [1.807, 2.05) is 24.3 Å². The van der Waals surface area contributed by atoms with Gasteiger partial charge in [-0.15, -0.1) is 0 Å². The molecule has 0 amide bonds. The van der Waals surface area contributed by atoms with E-state index in [1.165, 1.54) is 0 Å². The first kappa shape index (κ1) is 23.1. The number of hydrogen-bond donors (Lipinski definition) is 1. The highest BCUT2D eigenvalue weighted by Gasteiger charge is 2.36. The Hall–Kier alpha value is -1.17. The molecular formula is C21H33O6P. The Labute approximate surface area is 168 Å². The third kappa shape index (κ3) is 6.43. The van der Waals surface area contributed by atoms with Crippen molar-refractivity contribution in [2.75, 3.05) is 26.9 Å². The molecule has 6 nitrogen and oxygen atoms in total. The van der Waals surface area contributed by atoms with Gasteiger partial charge in [-0.3, -0.25) is 9.05 Å². The summed E-state index contributed by atoms with van der Waals surface area (Å²) in [6.07, 6.45) is -0.580. The topological polar surface area (TPSA) is 74.2 Å². The summed E-state index contributed by atoms with van der Waals surface area (Å²) in [4.78, 5) is 9.47. The molecule has 1 aromatic rings. The smallest absolute Gasteiger partial charge is 0.472 e. The second-order valence-corrected chi connectivity index (χ2v) is 10.7. The second-order valence-electron chi connectivity index (χ2n) is 9.30. The van der Waals surface area contributed by atoms with Gasteiger partial charge in [0.25, 0.3) is 0 Å². The van der Waals surface area contributed by atoms with Crippen LogP contribution in [0.25, 0.3) is 5.76 Å². The zero-order valence-electron chi connectivity index (χ0n) is 17.9. The predicted molar refractivity (Wildman–Crippen MR) is 110 cm³/mol. The SMILES string of the molecule is COC(=C(COCC(C)(C)C)C(C)(C)C)c1cccc(C2COP(=O)(O)O2)c1. The molecule has 1 aliphatic heterocycles. The Morgan fingerprint density at radius 3 is 2.43 bits per heavy atom. The summed E-state index contributed by atoms with van der Waals surface area (Å²) < 4.78 is 33.3. The number of hydrogen-bond acceptors (Lipinski definition) is 5. The molecule has 1 aliphatic rings. The van der Waals surface area contributed by atoms with Crippen LogP contribution in [0.4, 0.5) is 0 Å². The number of phosphoric ester groups is 1. The summed E-state index contributed by atoms with van der Waals surface area (Å²) >= 11 is 0. The minimum absolute atomic E-state index is 0.0457. The van der Waals surface area contributed by atoms with E-state index < -0.39 is 13.9 Å². The van der Waals surface area contributed by atoms with Crippen LogP contribution in [-0.2, 0) is 23.1 Å². The molecule has 1 aromatic carbocycles. The fourth-order valence-electron chi connectivity index (χ4n) is 2.92. The van der Waals surface area contributed by atoms with Crippen molar-refractivity contribution in [3.63, 3.8) is 0 Å². The molecule has 2 atom stereocenters. The predicted octanol–water partition coefficient (Wildman–Crippen LogP) is 5.34. The quantitative estimate of drug-likeness (QED) is 0.502. The van der Waals surface area contributed by atoms with Gasteiger partial charge >= 0.3 is 7.82 Å². The molecule has 1 fully saturated rings. The summed E-state index contributed by atoms with van der Waals surface area (Å²) in [5, 5.41) is 0. The van der Waals surface area contributed by atoms with E-state index >= 15 is 0 Å². The molecular weight excluding hydrogens is 379 g/mol. The van der Waals surface area contributed by atoms with E-state index in [4.69, 9.17) is 18.5 Å². The maximum atomic E-state index is 11.6. The molecule has 0 spiro atoms. The zero-order valence-corrected chi connectivity index (χ0v) is 18.8. The Morgan fingerprint density at radius 2 is 1.93 bits per heavy atom. The summed E-state index contributed by atoms with van der Waals surface area (Å²) in [5.74, 6) is 0.745. The number of rotatable bonds is 6. The molecule has 0 aromatic heterocycles. The number of ether oxygens (including phenoxy) is 2. The van der Waals surface area contributed by atoms with E-state index in [-0.39, 0.29) is 17.4 Å². The van der Waals surface area contributed by atoms with Crippen molar-refractivity contribution in [3.05, 3.63) is 41.0 Å². The van der Waals surface area contributed by atoms with Crippen LogP contribution in [0.2, 0.25) is 0 Å². The molecule has 1 N–H and O–H groups in total. The van der Waals surface area contributed by atoms with Gasteiger partial charge in [-0.2, -0.15) is 0 Å². The molecule has 0 aliphatic carbocycles. The monoisotopic (exact) mass is 412 g/mol. The van der Waals surface area contributed by atoms with Gasteiger partial charge < -0.3 is 14.4 Å². The minimum atomic E-state index is -3.95. The standard InChI is InChI=1S/C21H33O6P/c1-20(2,3)14-25-12-17(21(4,5)6)19(24-7)16-10-8-9-15(11-16)18-13-26-28(22,23)27-18/h8-11,18H,12-14H2,1-7H3,(H,22,23). The van der Waals surface area contributed by atoms with Gasteiger partial charge in [0.1, 0.15) is 11.9 Å². The summed E-state index contributed by atoms with van der Waals surface area (Å²) in [7, 11) is -2.30.